The van der Waals surface area contributed by atoms with Crippen LogP contribution in [0.1, 0.15) is 41.0 Å². The first-order valence-corrected chi connectivity index (χ1v) is 8.01. The number of nitrogens with zero attached hydrogens (tertiary/aromatic N) is 1. The monoisotopic (exact) mass is 285 g/mol. The van der Waals surface area contributed by atoms with Crippen molar-refractivity contribution in [1.82, 2.24) is 4.90 Å². The van der Waals surface area contributed by atoms with Crippen molar-refractivity contribution in [3.63, 3.8) is 0 Å². The minimum atomic E-state index is 0.0960. The SMILES string of the molecule is CCC(=O)N1CCc2sccc2[C@H]1c1ccccc1C. The van der Waals surface area contributed by atoms with Gasteiger partial charge in [0.05, 0.1) is 6.04 Å². The van der Waals surface area contributed by atoms with Crippen molar-refractivity contribution in [3.05, 3.63) is 57.3 Å². The number of carbonyl (C=O) groups excluding carboxylic acids is 1. The third-order valence-corrected chi connectivity index (χ3v) is 5.07. The molecule has 0 spiro atoms. The lowest BCUT2D eigenvalue weighted by molar-refractivity contribution is -0.132. The molecule has 2 heterocycles. The molecule has 0 saturated heterocycles. The summed E-state index contributed by atoms with van der Waals surface area (Å²) in [7, 11) is 0. The van der Waals surface area contributed by atoms with Crippen LogP contribution in [0.5, 0.6) is 0 Å². The molecule has 0 fully saturated rings. The third-order valence-electron chi connectivity index (χ3n) is 4.07. The Morgan fingerprint density at radius 3 is 2.85 bits per heavy atom. The van der Waals surface area contributed by atoms with Crippen molar-refractivity contribution in [2.75, 3.05) is 6.54 Å². The zero-order chi connectivity index (χ0) is 14.1. The summed E-state index contributed by atoms with van der Waals surface area (Å²) in [6.45, 7) is 4.91. The maximum atomic E-state index is 12.3. The summed E-state index contributed by atoms with van der Waals surface area (Å²) in [5.74, 6) is 0.245. The van der Waals surface area contributed by atoms with Gasteiger partial charge < -0.3 is 4.90 Å². The highest BCUT2D eigenvalue weighted by Gasteiger charge is 2.32. The standard InChI is InChI=1S/C17H19NOS/c1-3-16(19)18-10-8-15-14(9-11-20-15)17(18)13-7-5-4-6-12(13)2/h4-7,9,11,17H,3,8,10H2,1-2H3/t17-/m1/s1. The number of aryl methyl sites for hydroxylation is 1. The molecule has 0 aliphatic carbocycles. The van der Waals surface area contributed by atoms with Crippen LogP contribution in [-0.2, 0) is 11.2 Å². The van der Waals surface area contributed by atoms with Crippen LogP contribution in [0.3, 0.4) is 0 Å². The summed E-state index contributed by atoms with van der Waals surface area (Å²) < 4.78 is 0. The van der Waals surface area contributed by atoms with E-state index in [0.717, 1.165) is 13.0 Å². The van der Waals surface area contributed by atoms with E-state index in [2.05, 4.69) is 47.5 Å². The van der Waals surface area contributed by atoms with Gasteiger partial charge in [0, 0.05) is 17.8 Å². The Hall–Kier alpha value is -1.61. The van der Waals surface area contributed by atoms with Crippen LogP contribution in [0.4, 0.5) is 0 Å². The Morgan fingerprint density at radius 2 is 2.10 bits per heavy atom. The van der Waals surface area contributed by atoms with Gasteiger partial charge in [-0.25, -0.2) is 0 Å². The number of amides is 1. The molecule has 1 atom stereocenters. The van der Waals surface area contributed by atoms with Crippen molar-refractivity contribution in [2.45, 2.75) is 32.7 Å². The fourth-order valence-electron chi connectivity index (χ4n) is 3.02. The highest BCUT2D eigenvalue weighted by atomic mass is 32.1. The molecule has 1 aromatic carbocycles. The number of benzene rings is 1. The molecule has 0 radical (unpaired) electrons. The van der Waals surface area contributed by atoms with E-state index in [1.54, 1.807) is 0 Å². The molecule has 0 N–H and O–H groups in total. The highest BCUT2D eigenvalue weighted by Crippen LogP contribution is 2.39. The van der Waals surface area contributed by atoms with E-state index in [0.29, 0.717) is 6.42 Å². The maximum absolute atomic E-state index is 12.3. The van der Waals surface area contributed by atoms with Gasteiger partial charge in [0.25, 0.3) is 0 Å². The van der Waals surface area contributed by atoms with E-state index >= 15 is 0 Å². The Labute approximate surface area is 124 Å². The van der Waals surface area contributed by atoms with Crippen LogP contribution in [0.15, 0.2) is 35.7 Å². The number of thiophene rings is 1. The molecule has 20 heavy (non-hydrogen) atoms. The van der Waals surface area contributed by atoms with Crippen molar-refractivity contribution in [1.29, 1.82) is 0 Å². The minimum absolute atomic E-state index is 0.0960. The number of carbonyl (C=O) groups is 1. The summed E-state index contributed by atoms with van der Waals surface area (Å²) in [5.41, 5.74) is 3.83. The van der Waals surface area contributed by atoms with Crippen LogP contribution < -0.4 is 0 Å². The van der Waals surface area contributed by atoms with E-state index < -0.39 is 0 Å². The first kappa shape index (κ1) is 13.4. The minimum Gasteiger partial charge on any atom is -0.331 e. The largest absolute Gasteiger partial charge is 0.331 e. The summed E-state index contributed by atoms with van der Waals surface area (Å²) in [5, 5.41) is 2.15. The van der Waals surface area contributed by atoms with E-state index in [4.69, 9.17) is 0 Å². The molecule has 0 unspecified atom stereocenters. The molecule has 0 saturated carbocycles. The van der Waals surface area contributed by atoms with E-state index in [1.807, 2.05) is 18.3 Å². The number of hydrogen-bond acceptors (Lipinski definition) is 2. The molecule has 3 heteroatoms. The predicted molar refractivity (Wildman–Crippen MR) is 83.0 cm³/mol. The molecular weight excluding hydrogens is 266 g/mol. The molecule has 0 bridgehead atoms. The zero-order valence-electron chi connectivity index (χ0n) is 11.9. The fourth-order valence-corrected chi connectivity index (χ4v) is 3.92. The van der Waals surface area contributed by atoms with Gasteiger partial charge in [0.2, 0.25) is 5.91 Å². The molecule has 2 aromatic rings. The van der Waals surface area contributed by atoms with E-state index in [-0.39, 0.29) is 11.9 Å². The van der Waals surface area contributed by atoms with Gasteiger partial charge in [-0.2, -0.15) is 0 Å². The second kappa shape index (κ2) is 5.41. The van der Waals surface area contributed by atoms with Crippen LogP contribution in [0.2, 0.25) is 0 Å². The molecule has 3 rings (SSSR count). The van der Waals surface area contributed by atoms with E-state index in [9.17, 15) is 4.79 Å². The molecule has 1 aromatic heterocycles. The summed E-state index contributed by atoms with van der Waals surface area (Å²) in [6.07, 6.45) is 1.56. The summed E-state index contributed by atoms with van der Waals surface area (Å²) in [4.78, 5) is 15.8. The van der Waals surface area contributed by atoms with Crippen molar-refractivity contribution in [2.24, 2.45) is 0 Å². The lowest BCUT2D eigenvalue weighted by Gasteiger charge is -2.37. The Morgan fingerprint density at radius 1 is 1.30 bits per heavy atom. The molecule has 104 valence electrons. The molecule has 1 aliphatic heterocycles. The van der Waals surface area contributed by atoms with Gasteiger partial charge in [-0.15, -0.1) is 11.3 Å². The van der Waals surface area contributed by atoms with Crippen LogP contribution in [0.25, 0.3) is 0 Å². The summed E-state index contributed by atoms with van der Waals surface area (Å²) in [6, 6.07) is 10.7. The number of fused-ring (bicyclic) bond motifs is 1. The first-order valence-electron chi connectivity index (χ1n) is 7.13. The van der Waals surface area contributed by atoms with Crippen molar-refractivity contribution in [3.8, 4) is 0 Å². The molecular formula is C17H19NOS. The smallest absolute Gasteiger partial charge is 0.223 e. The second-order valence-corrected chi connectivity index (χ2v) is 6.25. The summed E-state index contributed by atoms with van der Waals surface area (Å²) >= 11 is 1.81. The van der Waals surface area contributed by atoms with Crippen molar-refractivity contribution >= 4 is 17.2 Å². The highest BCUT2D eigenvalue weighted by molar-refractivity contribution is 7.10. The lowest BCUT2D eigenvalue weighted by Crippen LogP contribution is -2.39. The molecule has 2 nitrogen and oxygen atoms in total. The first-order chi connectivity index (χ1) is 9.72. The van der Waals surface area contributed by atoms with Gasteiger partial charge in [-0.05, 0) is 41.5 Å². The lowest BCUT2D eigenvalue weighted by atomic mass is 9.90. The Bertz CT molecular complexity index is 631. The van der Waals surface area contributed by atoms with Crippen LogP contribution >= 0.6 is 11.3 Å². The van der Waals surface area contributed by atoms with Crippen LogP contribution in [-0.4, -0.2) is 17.4 Å². The maximum Gasteiger partial charge on any atom is 0.223 e. The number of hydrogen-bond donors (Lipinski definition) is 0. The normalized spacial score (nSPS) is 17.9. The van der Waals surface area contributed by atoms with Gasteiger partial charge in [-0.3, -0.25) is 4.79 Å². The Kier molecular flexibility index (Phi) is 3.62. The molecule has 1 amide bonds. The topological polar surface area (TPSA) is 20.3 Å². The Balaban J connectivity index is 2.12. The van der Waals surface area contributed by atoms with Gasteiger partial charge in [0.1, 0.15) is 0 Å². The van der Waals surface area contributed by atoms with Gasteiger partial charge in [0.15, 0.2) is 0 Å². The zero-order valence-corrected chi connectivity index (χ0v) is 12.7. The average molecular weight is 285 g/mol. The number of rotatable bonds is 2. The average Bonchev–Trinajstić information content (AvgIpc) is 2.94. The van der Waals surface area contributed by atoms with Crippen molar-refractivity contribution < 1.29 is 4.79 Å². The molecule has 1 aliphatic rings. The van der Waals surface area contributed by atoms with Crippen LogP contribution in [0, 0.1) is 6.92 Å². The third kappa shape index (κ3) is 2.16. The fraction of sp³-hybridized carbons (Fsp3) is 0.353. The van der Waals surface area contributed by atoms with E-state index in [1.165, 1.54) is 21.6 Å². The quantitative estimate of drug-likeness (QED) is 0.818. The predicted octanol–water partition coefficient (Wildman–Crippen LogP) is 3.94. The van der Waals surface area contributed by atoms with Gasteiger partial charge >= 0.3 is 0 Å². The van der Waals surface area contributed by atoms with Gasteiger partial charge in [-0.1, -0.05) is 31.2 Å². The second-order valence-electron chi connectivity index (χ2n) is 5.25.